The third-order valence-corrected chi connectivity index (χ3v) is 2.62. The maximum atomic E-state index is 11.7. The van der Waals surface area contributed by atoms with Gasteiger partial charge in [0.15, 0.2) is 0 Å². The van der Waals surface area contributed by atoms with Crippen LogP contribution in [0, 0.1) is 0 Å². The molecule has 0 saturated carbocycles. The predicted molar refractivity (Wildman–Crippen MR) is 67.2 cm³/mol. The first-order valence-corrected chi connectivity index (χ1v) is 5.63. The van der Waals surface area contributed by atoms with Crippen molar-refractivity contribution in [1.82, 2.24) is 14.8 Å². The lowest BCUT2D eigenvalue weighted by Gasteiger charge is -2.06. The van der Waals surface area contributed by atoms with Gasteiger partial charge >= 0.3 is 0 Å². The number of nitrogens with two attached hydrogens (primary N) is 1. The van der Waals surface area contributed by atoms with Crippen LogP contribution in [0.4, 0.5) is 11.4 Å². The lowest BCUT2D eigenvalue weighted by molar-refractivity contribution is -0.116. The van der Waals surface area contributed by atoms with Crippen molar-refractivity contribution in [1.29, 1.82) is 0 Å². The summed E-state index contributed by atoms with van der Waals surface area (Å²) in [7, 11) is 0. The Labute approximate surface area is 106 Å². The Balaban J connectivity index is 2.01. The Hall–Kier alpha value is -1.89. The third-order valence-electron chi connectivity index (χ3n) is 1.99. The fourth-order valence-electron chi connectivity index (χ4n) is 1.28. The molecule has 6 nitrogen and oxygen atoms in total. The average Bonchev–Trinajstić information content (AvgIpc) is 2.67. The average molecular weight is 296 g/mol. The largest absolute Gasteiger partial charge is 0.396 e. The number of amides is 1. The summed E-state index contributed by atoms with van der Waals surface area (Å²) in [5.41, 5.74) is 6.65. The van der Waals surface area contributed by atoms with E-state index >= 15 is 0 Å². The van der Waals surface area contributed by atoms with Crippen LogP contribution in [0.2, 0.25) is 0 Å². The molecule has 2 aromatic rings. The molecule has 0 radical (unpaired) electrons. The van der Waals surface area contributed by atoms with Crippen LogP contribution in [0.1, 0.15) is 0 Å². The van der Waals surface area contributed by atoms with Gasteiger partial charge < -0.3 is 11.1 Å². The topological polar surface area (TPSA) is 85.8 Å². The normalized spacial score (nSPS) is 10.2. The van der Waals surface area contributed by atoms with Crippen LogP contribution < -0.4 is 11.1 Å². The zero-order chi connectivity index (χ0) is 12.3. The second kappa shape index (κ2) is 4.96. The molecule has 17 heavy (non-hydrogen) atoms. The molecule has 0 aliphatic carbocycles. The summed E-state index contributed by atoms with van der Waals surface area (Å²) in [6.07, 6.45) is 4.72. The number of nitrogens with one attached hydrogen (secondary N) is 1. The number of halogens is 1. The molecule has 2 rings (SSSR count). The van der Waals surface area contributed by atoms with E-state index in [0.29, 0.717) is 16.0 Å². The highest BCUT2D eigenvalue weighted by atomic mass is 79.9. The minimum Gasteiger partial charge on any atom is -0.396 e. The summed E-state index contributed by atoms with van der Waals surface area (Å²) in [5.74, 6) is -0.193. The van der Waals surface area contributed by atoms with Crippen molar-refractivity contribution >= 4 is 33.2 Å². The third kappa shape index (κ3) is 3.04. The highest BCUT2D eigenvalue weighted by Crippen LogP contribution is 2.18. The molecule has 0 spiro atoms. The first kappa shape index (κ1) is 11.6. The van der Waals surface area contributed by atoms with Gasteiger partial charge in [0.25, 0.3) is 0 Å². The fraction of sp³-hybridized carbons (Fsp3) is 0.100. The van der Waals surface area contributed by atoms with E-state index in [1.807, 2.05) is 0 Å². The van der Waals surface area contributed by atoms with Crippen LogP contribution in [0.5, 0.6) is 0 Å². The van der Waals surface area contributed by atoms with Gasteiger partial charge in [-0.1, -0.05) is 0 Å². The molecule has 2 aromatic heterocycles. The molecule has 0 saturated heterocycles. The minimum atomic E-state index is -0.193. The fourth-order valence-corrected chi connectivity index (χ4v) is 1.63. The number of carbonyl (C=O) groups is 1. The monoisotopic (exact) mass is 295 g/mol. The second-order valence-electron chi connectivity index (χ2n) is 3.36. The van der Waals surface area contributed by atoms with Crippen molar-refractivity contribution in [3.63, 3.8) is 0 Å². The Morgan fingerprint density at radius 1 is 1.59 bits per heavy atom. The van der Waals surface area contributed by atoms with Gasteiger partial charge in [-0.2, -0.15) is 5.10 Å². The number of pyridine rings is 1. The van der Waals surface area contributed by atoms with E-state index < -0.39 is 0 Å². The number of rotatable bonds is 3. The minimum absolute atomic E-state index is 0.110. The standard InChI is InChI=1S/C10H10BrN5O/c11-10-8(2-1-3-13-10)15-9(17)6-16-5-7(12)4-14-16/h1-5H,6,12H2,(H,15,17). The molecule has 0 aliphatic heterocycles. The van der Waals surface area contributed by atoms with Crippen LogP contribution in [0.3, 0.4) is 0 Å². The zero-order valence-corrected chi connectivity index (χ0v) is 10.4. The van der Waals surface area contributed by atoms with Gasteiger partial charge in [0, 0.05) is 12.4 Å². The maximum absolute atomic E-state index is 11.7. The van der Waals surface area contributed by atoms with E-state index in [0.717, 1.165) is 0 Å². The van der Waals surface area contributed by atoms with Gasteiger partial charge in [-0.3, -0.25) is 9.48 Å². The number of carbonyl (C=O) groups excluding carboxylic acids is 1. The molecule has 1 amide bonds. The quantitative estimate of drug-likeness (QED) is 0.835. The highest BCUT2D eigenvalue weighted by molar-refractivity contribution is 9.10. The van der Waals surface area contributed by atoms with E-state index in [2.05, 4.69) is 31.3 Å². The van der Waals surface area contributed by atoms with Crippen LogP contribution in [0.15, 0.2) is 35.3 Å². The molecule has 3 N–H and O–H groups in total. The van der Waals surface area contributed by atoms with E-state index in [-0.39, 0.29) is 12.5 Å². The highest BCUT2D eigenvalue weighted by Gasteiger charge is 2.07. The van der Waals surface area contributed by atoms with Crippen molar-refractivity contribution < 1.29 is 4.79 Å². The van der Waals surface area contributed by atoms with Gasteiger partial charge in [-0.05, 0) is 28.1 Å². The molecule has 0 aliphatic rings. The lowest BCUT2D eigenvalue weighted by atomic mass is 10.4. The zero-order valence-electron chi connectivity index (χ0n) is 8.80. The summed E-state index contributed by atoms with van der Waals surface area (Å²) in [5, 5.41) is 6.64. The molecule has 0 unspecified atom stereocenters. The summed E-state index contributed by atoms with van der Waals surface area (Å²) < 4.78 is 2.06. The van der Waals surface area contributed by atoms with Crippen molar-refractivity contribution in [3.8, 4) is 0 Å². The number of nitrogen functional groups attached to an aromatic ring is 1. The van der Waals surface area contributed by atoms with Crippen LogP contribution >= 0.6 is 15.9 Å². The molecule has 7 heteroatoms. The summed E-state index contributed by atoms with van der Waals surface area (Å²) in [6.45, 7) is 0.110. The van der Waals surface area contributed by atoms with Gasteiger partial charge in [0.2, 0.25) is 5.91 Å². The molecule has 0 bridgehead atoms. The van der Waals surface area contributed by atoms with Crippen LogP contribution in [0.25, 0.3) is 0 Å². The van der Waals surface area contributed by atoms with E-state index in [4.69, 9.17) is 5.73 Å². The second-order valence-corrected chi connectivity index (χ2v) is 4.11. The van der Waals surface area contributed by atoms with Crippen LogP contribution in [-0.2, 0) is 11.3 Å². The first-order chi connectivity index (χ1) is 8.15. The van der Waals surface area contributed by atoms with Crippen molar-refractivity contribution in [2.24, 2.45) is 0 Å². The molecule has 0 fully saturated rings. The smallest absolute Gasteiger partial charge is 0.246 e. The lowest BCUT2D eigenvalue weighted by Crippen LogP contribution is -2.19. The first-order valence-electron chi connectivity index (χ1n) is 4.83. The molecule has 2 heterocycles. The Morgan fingerprint density at radius 2 is 2.41 bits per heavy atom. The predicted octanol–water partition coefficient (Wildman–Crippen LogP) is 1.26. The number of hydrogen-bond acceptors (Lipinski definition) is 4. The summed E-state index contributed by atoms with van der Waals surface area (Å²) >= 11 is 3.25. The van der Waals surface area contributed by atoms with Crippen molar-refractivity contribution in [2.75, 3.05) is 11.1 Å². The molecule has 0 atom stereocenters. The number of anilines is 2. The van der Waals surface area contributed by atoms with E-state index in [1.165, 1.54) is 10.9 Å². The number of aromatic nitrogens is 3. The number of hydrogen-bond donors (Lipinski definition) is 2. The van der Waals surface area contributed by atoms with Gasteiger partial charge in [0.1, 0.15) is 11.1 Å². The van der Waals surface area contributed by atoms with Crippen LogP contribution in [-0.4, -0.2) is 20.7 Å². The van der Waals surface area contributed by atoms with Gasteiger partial charge in [0.05, 0.1) is 17.6 Å². The van der Waals surface area contributed by atoms with E-state index in [1.54, 1.807) is 24.5 Å². The van der Waals surface area contributed by atoms with Crippen molar-refractivity contribution in [3.05, 3.63) is 35.3 Å². The van der Waals surface area contributed by atoms with Gasteiger partial charge in [-0.25, -0.2) is 4.98 Å². The maximum Gasteiger partial charge on any atom is 0.246 e. The molecule has 88 valence electrons. The molecular weight excluding hydrogens is 286 g/mol. The van der Waals surface area contributed by atoms with Gasteiger partial charge in [-0.15, -0.1) is 0 Å². The molecular formula is C10H10BrN5O. The Kier molecular flexibility index (Phi) is 3.38. The Bertz CT molecular complexity index is 539. The summed E-state index contributed by atoms with van der Waals surface area (Å²) in [4.78, 5) is 15.7. The van der Waals surface area contributed by atoms with Crippen molar-refractivity contribution in [2.45, 2.75) is 6.54 Å². The Morgan fingerprint density at radius 3 is 3.06 bits per heavy atom. The molecule has 0 aromatic carbocycles. The summed E-state index contributed by atoms with van der Waals surface area (Å²) in [6, 6.07) is 3.50. The van der Waals surface area contributed by atoms with E-state index in [9.17, 15) is 4.79 Å². The SMILES string of the molecule is Nc1cnn(CC(=O)Nc2cccnc2Br)c1. The number of nitrogens with zero attached hydrogens (tertiary/aromatic N) is 3.